The molecule has 110 valence electrons. The Morgan fingerprint density at radius 1 is 1.45 bits per heavy atom. The molecule has 1 unspecified atom stereocenters. The molecule has 0 saturated carbocycles. The number of nitrogens with zero attached hydrogens (tertiary/aromatic N) is 1. The lowest BCUT2D eigenvalue weighted by Crippen LogP contribution is -2.38. The minimum Gasteiger partial charge on any atom is -0.368 e. The van der Waals surface area contributed by atoms with Crippen molar-refractivity contribution in [2.45, 2.75) is 24.7 Å². The van der Waals surface area contributed by atoms with Crippen LogP contribution in [0, 0.1) is 11.7 Å². The second-order valence-electron chi connectivity index (χ2n) is 5.05. The van der Waals surface area contributed by atoms with E-state index in [9.17, 15) is 17.6 Å². The highest BCUT2D eigenvalue weighted by molar-refractivity contribution is 7.89. The molecule has 20 heavy (non-hydrogen) atoms. The average Bonchev–Trinajstić information content (AvgIpc) is 2.37. The van der Waals surface area contributed by atoms with Crippen LogP contribution in [0.5, 0.6) is 0 Å². The Morgan fingerprint density at radius 3 is 2.70 bits per heavy atom. The number of piperidine rings is 1. The number of nitrogens with two attached hydrogens (primary N) is 1. The number of Topliss-reactive ketones (excluding diaryl/α,β-unsaturated/α-hetero) is 1. The highest BCUT2D eigenvalue weighted by Crippen LogP contribution is 2.27. The van der Waals surface area contributed by atoms with Gasteiger partial charge in [-0.25, -0.2) is 17.9 Å². The molecule has 0 aromatic heterocycles. The number of carbonyl (C=O) groups excluding carboxylic acids is 1. The molecule has 1 heterocycles. The summed E-state index contributed by atoms with van der Waals surface area (Å²) in [7, 11) is -3.91. The number of ketones is 1. The molecule has 7 heteroatoms. The van der Waals surface area contributed by atoms with E-state index in [-0.39, 0.29) is 16.6 Å². The van der Waals surface area contributed by atoms with E-state index in [1.807, 2.05) is 0 Å². The van der Waals surface area contributed by atoms with E-state index in [1.165, 1.54) is 19.1 Å². The minimum absolute atomic E-state index is 0.0938. The van der Waals surface area contributed by atoms with Crippen molar-refractivity contribution in [1.82, 2.24) is 0 Å². The zero-order chi connectivity index (χ0) is 14.9. The smallest absolute Gasteiger partial charge is 0.238 e. The normalized spacial score (nSPS) is 19.9. The van der Waals surface area contributed by atoms with Gasteiger partial charge in [0.25, 0.3) is 0 Å². The van der Waals surface area contributed by atoms with Crippen molar-refractivity contribution >= 4 is 21.5 Å². The van der Waals surface area contributed by atoms with Crippen LogP contribution in [0.4, 0.5) is 10.1 Å². The third kappa shape index (κ3) is 3.16. The van der Waals surface area contributed by atoms with Gasteiger partial charge in [-0.1, -0.05) is 0 Å². The summed E-state index contributed by atoms with van der Waals surface area (Å²) in [5.41, 5.74) is 0.309. The molecule has 1 aromatic rings. The van der Waals surface area contributed by atoms with Gasteiger partial charge in [-0.15, -0.1) is 0 Å². The first kappa shape index (κ1) is 14.9. The fourth-order valence-corrected chi connectivity index (χ4v) is 2.97. The summed E-state index contributed by atoms with van der Waals surface area (Å²) >= 11 is 0. The van der Waals surface area contributed by atoms with Gasteiger partial charge in [0.1, 0.15) is 11.6 Å². The molecule has 1 saturated heterocycles. The molecule has 0 bridgehead atoms. The zero-order valence-electron chi connectivity index (χ0n) is 11.2. The molecule has 0 spiro atoms. The standard InChI is InChI=1S/C13H17FN2O3S/c1-9(17)10-3-2-6-16(8-10)13-5-4-11(7-12(13)14)20(15,18)19/h4-5,7,10H,2-3,6,8H2,1H3,(H2,15,18,19). The molecule has 1 aromatic carbocycles. The summed E-state index contributed by atoms with van der Waals surface area (Å²) in [4.78, 5) is 13.0. The molecule has 2 rings (SSSR count). The molecule has 0 aliphatic carbocycles. The van der Waals surface area contributed by atoms with Crippen molar-refractivity contribution in [1.29, 1.82) is 0 Å². The second-order valence-corrected chi connectivity index (χ2v) is 6.62. The molecule has 0 amide bonds. The van der Waals surface area contributed by atoms with Gasteiger partial charge in [0.2, 0.25) is 10.0 Å². The molecule has 1 fully saturated rings. The van der Waals surface area contributed by atoms with Crippen LogP contribution in [-0.4, -0.2) is 27.3 Å². The van der Waals surface area contributed by atoms with Gasteiger partial charge < -0.3 is 4.90 Å². The third-order valence-corrected chi connectivity index (χ3v) is 4.50. The lowest BCUT2D eigenvalue weighted by atomic mass is 9.94. The van der Waals surface area contributed by atoms with Crippen molar-refractivity contribution in [2.24, 2.45) is 11.1 Å². The van der Waals surface area contributed by atoms with E-state index >= 15 is 0 Å². The van der Waals surface area contributed by atoms with Crippen LogP contribution < -0.4 is 10.0 Å². The summed E-state index contributed by atoms with van der Waals surface area (Å²) in [5.74, 6) is -0.641. The van der Waals surface area contributed by atoms with E-state index in [4.69, 9.17) is 5.14 Å². The monoisotopic (exact) mass is 300 g/mol. The number of hydrogen-bond donors (Lipinski definition) is 1. The quantitative estimate of drug-likeness (QED) is 0.912. The van der Waals surface area contributed by atoms with Gasteiger partial charge in [-0.05, 0) is 38.0 Å². The average molecular weight is 300 g/mol. The van der Waals surface area contributed by atoms with Crippen LogP contribution in [0.15, 0.2) is 23.1 Å². The molecular formula is C13H17FN2O3S. The highest BCUT2D eigenvalue weighted by atomic mass is 32.2. The van der Waals surface area contributed by atoms with E-state index in [0.717, 1.165) is 18.9 Å². The highest BCUT2D eigenvalue weighted by Gasteiger charge is 2.25. The molecule has 0 radical (unpaired) electrons. The van der Waals surface area contributed by atoms with E-state index in [0.29, 0.717) is 18.8 Å². The van der Waals surface area contributed by atoms with Crippen molar-refractivity contribution in [3.63, 3.8) is 0 Å². The molecule has 1 aliphatic heterocycles. The van der Waals surface area contributed by atoms with Crippen LogP contribution in [0.2, 0.25) is 0 Å². The Kier molecular flexibility index (Phi) is 4.10. The maximum atomic E-state index is 14.0. The number of halogens is 1. The molecule has 1 aliphatic rings. The van der Waals surface area contributed by atoms with E-state index in [2.05, 4.69) is 0 Å². The van der Waals surface area contributed by atoms with Crippen LogP contribution in [0.1, 0.15) is 19.8 Å². The van der Waals surface area contributed by atoms with Gasteiger partial charge >= 0.3 is 0 Å². The first-order valence-electron chi connectivity index (χ1n) is 6.37. The van der Waals surface area contributed by atoms with E-state index < -0.39 is 15.8 Å². The number of carbonyl (C=O) groups is 1. The van der Waals surface area contributed by atoms with Crippen molar-refractivity contribution in [2.75, 3.05) is 18.0 Å². The van der Waals surface area contributed by atoms with Gasteiger partial charge in [-0.3, -0.25) is 4.79 Å². The lowest BCUT2D eigenvalue weighted by molar-refractivity contribution is -0.120. The summed E-state index contributed by atoms with van der Waals surface area (Å²) in [6.45, 7) is 2.64. The number of rotatable bonds is 3. The topological polar surface area (TPSA) is 80.5 Å². The Labute approximate surface area is 117 Å². The largest absolute Gasteiger partial charge is 0.368 e. The Hall–Kier alpha value is -1.47. The van der Waals surface area contributed by atoms with Gasteiger partial charge in [-0.2, -0.15) is 0 Å². The Balaban J connectivity index is 2.27. The molecule has 1 atom stereocenters. The number of primary sulfonamides is 1. The first-order valence-corrected chi connectivity index (χ1v) is 7.91. The number of anilines is 1. The minimum atomic E-state index is -3.91. The second kappa shape index (κ2) is 5.49. The summed E-state index contributed by atoms with van der Waals surface area (Å²) in [6, 6.07) is 3.60. The van der Waals surface area contributed by atoms with Crippen LogP contribution >= 0.6 is 0 Å². The maximum absolute atomic E-state index is 14.0. The van der Waals surface area contributed by atoms with Crippen molar-refractivity contribution in [3.05, 3.63) is 24.0 Å². The SMILES string of the molecule is CC(=O)C1CCCN(c2ccc(S(N)(=O)=O)cc2F)C1. The fourth-order valence-electron chi connectivity index (χ4n) is 2.45. The maximum Gasteiger partial charge on any atom is 0.238 e. The predicted molar refractivity (Wildman–Crippen MR) is 73.4 cm³/mol. The molecule has 2 N–H and O–H groups in total. The summed E-state index contributed by atoms with van der Waals surface area (Å²) in [5, 5.41) is 4.96. The van der Waals surface area contributed by atoms with Crippen molar-refractivity contribution < 1.29 is 17.6 Å². The van der Waals surface area contributed by atoms with Gasteiger partial charge in [0, 0.05) is 19.0 Å². The van der Waals surface area contributed by atoms with Gasteiger partial charge in [0.15, 0.2) is 0 Å². The van der Waals surface area contributed by atoms with E-state index in [1.54, 1.807) is 4.90 Å². The first-order chi connectivity index (χ1) is 9.29. The van der Waals surface area contributed by atoms with Gasteiger partial charge in [0.05, 0.1) is 10.6 Å². The van der Waals surface area contributed by atoms with Crippen LogP contribution in [-0.2, 0) is 14.8 Å². The summed E-state index contributed by atoms with van der Waals surface area (Å²) < 4.78 is 36.4. The third-order valence-electron chi connectivity index (χ3n) is 3.58. The number of sulfonamides is 1. The number of benzene rings is 1. The predicted octanol–water partition coefficient (Wildman–Crippen LogP) is 1.28. The lowest BCUT2D eigenvalue weighted by Gasteiger charge is -2.33. The Bertz CT molecular complexity index is 631. The number of hydrogen-bond acceptors (Lipinski definition) is 4. The van der Waals surface area contributed by atoms with Crippen LogP contribution in [0.3, 0.4) is 0 Å². The summed E-state index contributed by atoms with van der Waals surface area (Å²) in [6.07, 6.45) is 1.61. The van der Waals surface area contributed by atoms with Crippen LogP contribution in [0.25, 0.3) is 0 Å². The zero-order valence-corrected chi connectivity index (χ0v) is 12.0. The fraction of sp³-hybridized carbons (Fsp3) is 0.462. The molecule has 5 nitrogen and oxygen atoms in total. The Morgan fingerprint density at radius 2 is 2.15 bits per heavy atom. The molecular weight excluding hydrogens is 283 g/mol. The van der Waals surface area contributed by atoms with Crippen molar-refractivity contribution in [3.8, 4) is 0 Å².